The molecule has 0 fully saturated rings. The summed E-state index contributed by atoms with van der Waals surface area (Å²) in [4.78, 5) is 25.7. The number of benzene rings is 2. The number of aliphatic carboxylic acids is 1. The summed E-state index contributed by atoms with van der Waals surface area (Å²) in [5, 5.41) is 18.3. The molecule has 2 aromatic rings. The van der Waals surface area contributed by atoms with E-state index in [1.807, 2.05) is 36.4 Å². The number of thioether (sulfide) groups is 1. The lowest BCUT2D eigenvalue weighted by atomic mass is 9.94. The molecule has 26 heavy (non-hydrogen) atoms. The minimum absolute atomic E-state index is 0.162. The summed E-state index contributed by atoms with van der Waals surface area (Å²) in [6.07, 6.45) is 0.345. The molecule has 1 heterocycles. The Morgan fingerprint density at radius 1 is 1.15 bits per heavy atom. The third kappa shape index (κ3) is 4.06. The lowest BCUT2D eigenvalue weighted by molar-refractivity contribution is -0.150. The number of fused-ring (bicyclic) bond motifs is 1. The van der Waals surface area contributed by atoms with E-state index in [0.29, 0.717) is 24.3 Å². The fraction of sp³-hybridized carbons (Fsp3) is 0.250. The second kappa shape index (κ2) is 8.07. The molecular formula is C20H18N2O3S. The number of amides is 1. The number of nitriles is 1. The van der Waals surface area contributed by atoms with E-state index >= 15 is 0 Å². The van der Waals surface area contributed by atoms with Crippen LogP contribution < -0.4 is 0 Å². The van der Waals surface area contributed by atoms with Crippen molar-refractivity contribution in [3.8, 4) is 6.07 Å². The van der Waals surface area contributed by atoms with Crippen LogP contribution in [0.3, 0.4) is 0 Å². The van der Waals surface area contributed by atoms with Crippen molar-refractivity contribution in [2.24, 2.45) is 0 Å². The van der Waals surface area contributed by atoms with Crippen molar-refractivity contribution in [1.29, 1.82) is 5.26 Å². The van der Waals surface area contributed by atoms with Gasteiger partial charge >= 0.3 is 5.97 Å². The van der Waals surface area contributed by atoms with E-state index in [1.54, 1.807) is 12.1 Å². The van der Waals surface area contributed by atoms with Gasteiger partial charge in [0.05, 0.1) is 17.4 Å². The Balaban J connectivity index is 1.62. The van der Waals surface area contributed by atoms with E-state index in [9.17, 15) is 14.7 Å². The van der Waals surface area contributed by atoms with E-state index < -0.39 is 12.0 Å². The lowest BCUT2D eigenvalue weighted by Gasteiger charge is -2.34. The largest absolute Gasteiger partial charge is 0.480 e. The number of rotatable bonds is 5. The first kappa shape index (κ1) is 18.0. The van der Waals surface area contributed by atoms with Crippen molar-refractivity contribution in [3.05, 3.63) is 70.8 Å². The number of hydrogen-bond acceptors (Lipinski definition) is 4. The maximum atomic E-state index is 12.6. The standard InChI is InChI=1S/C20H18N2O3S/c21-10-14-5-7-15(8-6-14)12-26-13-19(23)22-11-17-4-2-1-3-16(17)9-18(22)20(24)25/h1-8,18H,9,11-13H2,(H,24,25). The third-order valence-corrected chi connectivity index (χ3v) is 5.42. The molecule has 1 unspecified atom stereocenters. The van der Waals surface area contributed by atoms with Gasteiger partial charge in [-0.3, -0.25) is 4.79 Å². The Morgan fingerprint density at radius 3 is 2.50 bits per heavy atom. The molecule has 3 rings (SSSR count). The van der Waals surface area contributed by atoms with Crippen molar-refractivity contribution < 1.29 is 14.7 Å². The highest BCUT2D eigenvalue weighted by Gasteiger charge is 2.34. The first-order valence-electron chi connectivity index (χ1n) is 8.24. The number of carboxylic acid groups (broad SMARTS) is 1. The van der Waals surface area contributed by atoms with E-state index in [1.165, 1.54) is 16.7 Å². The van der Waals surface area contributed by atoms with Crippen molar-refractivity contribution in [3.63, 3.8) is 0 Å². The molecule has 1 N–H and O–H groups in total. The molecule has 132 valence electrons. The number of carbonyl (C=O) groups is 2. The maximum absolute atomic E-state index is 12.6. The molecule has 0 aliphatic carbocycles. The smallest absolute Gasteiger partial charge is 0.326 e. The highest BCUT2D eigenvalue weighted by atomic mass is 32.2. The number of carboxylic acids is 1. The van der Waals surface area contributed by atoms with Crippen LogP contribution in [0.15, 0.2) is 48.5 Å². The van der Waals surface area contributed by atoms with Gasteiger partial charge in [0.25, 0.3) is 0 Å². The molecule has 5 nitrogen and oxygen atoms in total. The predicted molar refractivity (Wildman–Crippen MR) is 99.4 cm³/mol. The van der Waals surface area contributed by atoms with Crippen LogP contribution in [0.2, 0.25) is 0 Å². The van der Waals surface area contributed by atoms with E-state index in [4.69, 9.17) is 5.26 Å². The quantitative estimate of drug-likeness (QED) is 0.880. The number of nitrogens with zero attached hydrogens (tertiary/aromatic N) is 2. The van der Waals surface area contributed by atoms with Crippen molar-refractivity contribution in [2.75, 3.05) is 5.75 Å². The van der Waals surface area contributed by atoms with Crippen molar-refractivity contribution >= 4 is 23.6 Å². The Labute approximate surface area is 156 Å². The molecule has 1 aliphatic heterocycles. The van der Waals surface area contributed by atoms with E-state index in [-0.39, 0.29) is 11.7 Å². The number of carbonyl (C=O) groups excluding carboxylic acids is 1. The van der Waals surface area contributed by atoms with Crippen LogP contribution in [0.4, 0.5) is 0 Å². The highest BCUT2D eigenvalue weighted by Crippen LogP contribution is 2.25. The summed E-state index contributed by atoms with van der Waals surface area (Å²) in [5.41, 5.74) is 3.64. The molecule has 1 aliphatic rings. The summed E-state index contributed by atoms with van der Waals surface area (Å²) < 4.78 is 0. The predicted octanol–water partition coefficient (Wildman–Crippen LogP) is 2.83. The monoisotopic (exact) mass is 366 g/mol. The van der Waals surface area contributed by atoms with Gasteiger partial charge in [-0.1, -0.05) is 36.4 Å². The van der Waals surface area contributed by atoms with Crippen LogP contribution in [0, 0.1) is 11.3 Å². The first-order chi connectivity index (χ1) is 12.6. The molecule has 0 bridgehead atoms. The van der Waals surface area contributed by atoms with Crippen LogP contribution in [0.5, 0.6) is 0 Å². The van der Waals surface area contributed by atoms with Crippen LogP contribution in [0.25, 0.3) is 0 Å². The zero-order valence-corrected chi connectivity index (χ0v) is 14.9. The molecule has 0 aromatic heterocycles. The molecule has 1 amide bonds. The molecule has 2 aromatic carbocycles. The normalized spacial score (nSPS) is 15.8. The summed E-state index contributed by atoms with van der Waals surface area (Å²) in [5.74, 6) is -0.263. The Kier molecular flexibility index (Phi) is 5.59. The average molecular weight is 366 g/mol. The van der Waals surface area contributed by atoms with Crippen LogP contribution in [-0.2, 0) is 28.3 Å². The van der Waals surface area contributed by atoms with Gasteiger partial charge in [0.1, 0.15) is 6.04 Å². The Hall–Kier alpha value is -2.78. The van der Waals surface area contributed by atoms with E-state index in [2.05, 4.69) is 6.07 Å². The Morgan fingerprint density at radius 2 is 1.85 bits per heavy atom. The van der Waals surface area contributed by atoms with Gasteiger partial charge in [-0.25, -0.2) is 4.79 Å². The second-order valence-electron chi connectivity index (χ2n) is 6.15. The highest BCUT2D eigenvalue weighted by molar-refractivity contribution is 7.99. The summed E-state index contributed by atoms with van der Waals surface area (Å²) >= 11 is 1.45. The minimum Gasteiger partial charge on any atom is -0.480 e. The van der Waals surface area contributed by atoms with Gasteiger partial charge < -0.3 is 10.0 Å². The topological polar surface area (TPSA) is 81.4 Å². The number of hydrogen-bond donors (Lipinski definition) is 1. The summed E-state index contributed by atoms with van der Waals surface area (Å²) in [6.45, 7) is 0.337. The van der Waals surface area contributed by atoms with Crippen LogP contribution in [0.1, 0.15) is 22.3 Å². The third-order valence-electron chi connectivity index (χ3n) is 4.43. The molecule has 0 saturated carbocycles. The molecule has 0 radical (unpaired) electrons. The molecule has 1 atom stereocenters. The molecule has 0 spiro atoms. The zero-order valence-electron chi connectivity index (χ0n) is 14.1. The van der Waals surface area contributed by atoms with Gasteiger partial charge in [0.15, 0.2) is 0 Å². The van der Waals surface area contributed by atoms with Crippen LogP contribution >= 0.6 is 11.8 Å². The maximum Gasteiger partial charge on any atom is 0.326 e. The molecule has 0 saturated heterocycles. The molecular weight excluding hydrogens is 348 g/mol. The summed E-state index contributed by atoms with van der Waals surface area (Å²) in [7, 11) is 0. The Bertz CT molecular complexity index is 858. The second-order valence-corrected chi connectivity index (χ2v) is 7.14. The average Bonchev–Trinajstić information content (AvgIpc) is 2.67. The van der Waals surface area contributed by atoms with Crippen molar-refractivity contribution in [2.45, 2.75) is 24.8 Å². The van der Waals surface area contributed by atoms with E-state index in [0.717, 1.165) is 16.7 Å². The molecule has 6 heteroatoms. The van der Waals surface area contributed by atoms with Gasteiger partial charge in [-0.2, -0.15) is 5.26 Å². The van der Waals surface area contributed by atoms with Gasteiger partial charge in [0.2, 0.25) is 5.91 Å². The fourth-order valence-corrected chi connectivity index (χ4v) is 3.89. The summed E-state index contributed by atoms with van der Waals surface area (Å²) in [6, 6.07) is 16.2. The van der Waals surface area contributed by atoms with Gasteiger partial charge in [0, 0.05) is 18.7 Å². The van der Waals surface area contributed by atoms with Crippen LogP contribution in [-0.4, -0.2) is 33.7 Å². The van der Waals surface area contributed by atoms with Gasteiger partial charge in [-0.05, 0) is 28.8 Å². The minimum atomic E-state index is -0.968. The van der Waals surface area contributed by atoms with Gasteiger partial charge in [-0.15, -0.1) is 11.8 Å². The first-order valence-corrected chi connectivity index (χ1v) is 9.40. The zero-order chi connectivity index (χ0) is 18.5. The van der Waals surface area contributed by atoms with Crippen molar-refractivity contribution in [1.82, 2.24) is 4.90 Å². The SMILES string of the molecule is N#Cc1ccc(CSCC(=O)N2Cc3ccccc3CC2C(=O)O)cc1. The lowest BCUT2D eigenvalue weighted by Crippen LogP contribution is -2.49. The fourth-order valence-electron chi connectivity index (χ4n) is 3.02.